The fraction of sp³-hybridized carbons (Fsp3) is 0.700. The highest BCUT2D eigenvalue weighted by atomic mass is 16.4. The highest BCUT2D eigenvalue weighted by molar-refractivity contribution is 5.71. The second-order valence-electron chi connectivity index (χ2n) is 4.34. The summed E-state index contributed by atoms with van der Waals surface area (Å²) >= 11 is 0. The van der Waals surface area contributed by atoms with Gasteiger partial charge in [-0.3, -0.25) is 4.79 Å². The second kappa shape index (κ2) is 2.92. The molecular weight excluding hydrogens is 152 g/mol. The number of carboxylic acid groups (broad SMARTS) is 1. The fourth-order valence-corrected chi connectivity index (χ4v) is 2.05. The monoisotopic (exact) mass is 168 g/mol. The number of hydrogen-bond acceptors (Lipinski definition) is 1. The maximum absolute atomic E-state index is 10.8. The lowest BCUT2D eigenvalue weighted by atomic mass is 9.67. The van der Waals surface area contributed by atoms with Crippen LogP contribution in [0.15, 0.2) is 12.2 Å². The lowest BCUT2D eigenvalue weighted by Gasteiger charge is -2.36. The van der Waals surface area contributed by atoms with Gasteiger partial charge in [0.2, 0.25) is 0 Å². The molecule has 1 atom stereocenters. The van der Waals surface area contributed by atoms with Gasteiger partial charge in [-0.05, 0) is 24.7 Å². The third kappa shape index (κ3) is 1.68. The summed E-state index contributed by atoms with van der Waals surface area (Å²) in [7, 11) is 0. The van der Waals surface area contributed by atoms with Crippen molar-refractivity contribution in [3.63, 3.8) is 0 Å². The topological polar surface area (TPSA) is 37.3 Å². The van der Waals surface area contributed by atoms with Crippen LogP contribution in [-0.2, 0) is 4.79 Å². The smallest absolute Gasteiger partial charge is 0.307 e. The van der Waals surface area contributed by atoms with Crippen LogP contribution >= 0.6 is 0 Å². The second-order valence-corrected chi connectivity index (χ2v) is 4.34. The van der Waals surface area contributed by atoms with Gasteiger partial charge in [-0.1, -0.05) is 26.0 Å². The van der Waals surface area contributed by atoms with Gasteiger partial charge >= 0.3 is 5.97 Å². The molecule has 2 heteroatoms. The molecule has 0 amide bonds. The normalized spacial score (nSPS) is 28.5. The molecule has 1 aliphatic carbocycles. The van der Waals surface area contributed by atoms with E-state index in [0.29, 0.717) is 0 Å². The molecule has 1 N–H and O–H groups in total. The van der Waals surface area contributed by atoms with Crippen LogP contribution in [0, 0.1) is 11.3 Å². The van der Waals surface area contributed by atoms with Crippen LogP contribution in [0.4, 0.5) is 0 Å². The quantitative estimate of drug-likeness (QED) is 0.610. The zero-order valence-electron chi connectivity index (χ0n) is 7.76. The summed E-state index contributed by atoms with van der Waals surface area (Å²) in [6.07, 6.45) is 2.48. The van der Waals surface area contributed by atoms with Crippen LogP contribution in [0.5, 0.6) is 0 Å². The van der Waals surface area contributed by atoms with Gasteiger partial charge in [0.25, 0.3) is 0 Å². The third-order valence-corrected chi connectivity index (χ3v) is 2.73. The Kier molecular flexibility index (Phi) is 2.27. The van der Waals surface area contributed by atoms with Gasteiger partial charge < -0.3 is 5.11 Å². The Balaban J connectivity index is 2.77. The SMILES string of the molecule is C=C1CCC(C(=O)O)C(C)(C)C1. The summed E-state index contributed by atoms with van der Waals surface area (Å²) in [6.45, 7) is 7.93. The first-order chi connectivity index (χ1) is 5.43. The maximum Gasteiger partial charge on any atom is 0.307 e. The van der Waals surface area contributed by atoms with Gasteiger partial charge in [0.05, 0.1) is 5.92 Å². The van der Waals surface area contributed by atoms with Crippen molar-refractivity contribution in [3.8, 4) is 0 Å². The first-order valence-electron chi connectivity index (χ1n) is 4.33. The molecule has 0 aliphatic heterocycles. The molecule has 1 unspecified atom stereocenters. The van der Waals surface area contributed by atoms with Crippen molar-refractivity contribution in [3.05, 3.63) is 12.2 Å². The van der Waals surface area contributed by atoms with Gasteiger partial charge in [0, 0.05) is 0 Å². The van der Waals surface area contributed by atoms with E-state index >= 15 is 0 Å². The Morgan fingerprint density at radius 3 is 2.67 bits per heavy atom. The van der Waals surface area contributed by atoms with Crippen molar-refractivity contribution in [2.45, 2.75) is 33.1 Å². The largest absolute Gasteiger partial charge is 0.481 e. The Morgan fingerprint density at radius 1 is 1.67 bits per heavy atom. The summed E-state index contributed by atoms with van der Waals surface area (Å²) in [5, 5.41) is 8.93. The van der Waals surface area contributed by atoms with E-state index in [1.807, 2.05) is 13.8 Å². The van der Waals surface area contributed by atoms with Gasteiger partial charge in [-0.2, -0.15) is 0 Å². The van der Waals surface area contributed by atoms with Crippen molar-refractivity contribution in [1.82, 2.24) is 0 Å². The molecular formula is C10H16O2. The lowest BCUT2D eigenvalue weighted by molar-refractivity contribution is -0.146. The van der Waals surface area contributed by atoms with E-state index < -0.39 is 5.97 Å². The highest BCUT2D eigenvalue weighted by Gasteiger charge is 2.38. The van der Waals surface area contributed by atoms with Crippen molar-refractivity contribution in [2.24, 2.45) is 11.3 Å². The molecule has 0 bridgehead atoms. The molecule has 0 saturated heterocycles. The van der Waals surface area contributed by atoms with E-state index in [1.54, 1.807) is 0 Å². The van der Waals surface area contributed by atoms with E-state index in [0.717, 1.165) is 19.3 Å². The van der Waals surface area contributed by atoms with E-state index in [4.69, 9.17) is 5.11 Å². The Morgan fingerprint density at radius 2 is 2.25 bits per heavy atom. The molecule has 1 saturated carbocycles. The number of carboxylic acids is 1. The van der Waals surface area contributed by atoms with Gasteiger partial charge in [-0.15, -0.1) is 0 Å². The average molecular weight is 168 g/mol. The number of allylic oxidation sites excluding steroid dienone is 1. The average Bonchev–Trinajstić information content (AvgIpc) is 1.82. The maximum atomic E-state index is 10.8. The van der Waals surface area contributed by atoms with Crippen LogP contribution < -0.4 is 0 Å². The van der Waals surface area contributed by atoms with Crippen LogP contribution in [-0.4, -0.2) is 11.1 Å². The predicted molar refractivity (Wildman–Crippen MR) is 47.9 cm³/mol. The highest BCUT2D eigenvalue weighted by Crippen LogP contribution is 2.42. The third-order valence-electron chi connectivity index (χ3n) is 2.73. The van der Waals surface area contributed by atoms with Gasteiger partial charge in [0.15, 0.2) is 0 Å². The molecule has 68 valence electrons. The summed E-state index contributed by atoms with van der Waals surface area (Å²) in [4.78, 5) is 10.8. The zero-order valence-corrected chi connectivity index (χ0v) is 7.76. The zero-order chi connectivity index (χ0) is 9.35. The van der Waals surface area contributed by atoms with Crippen molar-refractivity contribution >= 4 is 5.97 Å². The van der Waals surface area contributed by atoms with Gasteiger partial charge in [-0.25, -0.2) is 0 Å². The van der Waals surface area contributed by atoms with E-state index in [9.17, 15) is 4.79 Å². The predicted octanol–water partition coefficient (Wildman–Crippen LogP) is 2.45. The Labute approximate surface area is 73.3 Å². The molecule has 1 fully saturated rings. The van der Waals surface area contributed by atoms with E-state index in [2.05, 4.69) is 6.58 Å². The summed E-state index contributed by atoms with van der Waals surface area (Å²) < 4.78 is 0. The van der Waals surface area contributed by atoms with E-state index in [-0.39, 0.29) is 11.3 Å². The van der Waals surface area contributed by atoms with Crippen LogP contribution in [0.25, 0.3) is 0 Å². The Bertz CT molecular complexity index is 216. The van der Waals surface area contributed by atoms with Crippen LogP contribution in [0.2, 0.25) is 0 Å². The molecule has 1 aliphatic rings. The number of rotatable bonds is 1. The molecule has 12 heavy (non-hydrogen) atoms. The minimum Gasteiger partial charge on any atom is -0.481 e. The molecule has 0 spiro atoms. The van der Waals surface area contributed by atoms with Crippen molar-refractivity contribution in [2.75, 3.05) is 0 Å². The molecule has 0 aromatic heterocycles. The molecule has 1 rings (SSSR count). The summed E-state index contributed by atoms with van der Waals surface area (Å²) in [5.74, 6) is -0.851. The molecule has 0 aromatic carbocycles. The first-order valence-corrected chi connectivity index (χ1v) is 4.33. The van der Waals surface area contributed by atoms with E-state index in [1.165, 1.54) is 5.57 Å². The summed E-state index contributed by atoms with van der Waals surface area (Å²) in [5.41, 5.74) is 1.08. The standard InChI is InChI=1S/C10H16O2/c1-7-4-5-8(9(11)12)10(2,3)6-7/h8H,1,4-6H2,2-3H3,(H,11,12). The van der Waals surface area contributed by atoms with Crippen molar-refractivity contribution in [1.29, 1.82) is 0 Å². The summed E-state index contributed by atoms with van der Waals surface area (Å²) in [6, 6.07) is 0. The molecule has 0 radical (unpaired) electrons. The molecule has 0 aromatic rings. The first kappa shape index (κ1) is 9.30. The fourth-order valence-electron chi connectivity index (χ4n) is 2.05. The molecule has 2 nitrogen and oxygen atoms in total. The van der Waals surface area contributed by atoms with Crippen molar-refractivity contribution < 1.29 is 9.90 Å². The van der Waals surface area contributed by atoms with Crippen LogP contribution in [0.1, 0.15) is 33.1 Å². The van der Waals surface area contributed by atoms with Crippen LogP contribution in [0.3, 0.4) is 0 Å². The number of aliphatic carboxylic acids is 1. The minimum absolute atomic E-state index is 0.110. The minimum atomic E-state index is -0.660. The number of carbonyl (C=O) groups is 1. The number of hydrogen-bond donors (Lipinski definition) is 1. The lowest BCUT2D eigenvalue weighted by Crippen LogP contribution is -2.34. The Hall–Kier alpha value is -0.790. The molecule has 0 heterocycles. The van der Waals surface area contributed by atoms with Gasteiger partial charge in [0.1, 0.15) is 0 Å².